The van der Waals surface area contributed by atoms with Gasteiger partial charge in [0.15, 0.2) is 6.23 Å². The van der Waals surface area contributed by atoms with Gasteiger partial charge in [0.2, 0.25) is 0 Å². The van der Waals surface area contributed by atoms with Gasteiger partial charge < -0.3 is 24.6 Å². The van der Waals surface area contributed by atoms with Crippen molar-refractivity contribution in [2.75, 3.05) is 0 Å². The van der Waals surface area contributed by atoms with Gasteiger partial charge in [-0.2, -0.15) is 0 Å². The van der Waals surface area contributed by atoms with E-state index < -0.39 is 30.1 Å². The van der Waals surface area contributed by atoms with Gasteiger partial charge in [0.05, 0.1) is 5.69 Å². The molecule has 0 radical (unpaired) electrons. The molecule has 4 rings (SSSR count). The van der Waals surface area contributed by atoms with Crippen molar-refractivity contribution in [3.05, 3.63) is 58.1 Å². The fraction of sp³-hybridized carbons (Fsp3) is 0.368. The second-order valence-corrected chi connectivity index (χ2v) is 8.06. The normalized spacial score (nSPS) is 28.8. The van der Waals surface area contributed by atoms with Crippen LogP contribution in [0.3, 0.4) is 0 Å². The Kier molecular flexibility index (Phi) is 4.86. The fourth-order valence-electron chi connectivity index (χ4n) is 3.65. The molecule has 3 aromatic rings. The molecular formula is C19H19Cl2N3O4. The Morgan fingerprint density at radius 3 is 2.57 bits per heavy atom. The third-order valence-electron chi connectivity index (χ3n) is 5.23. The Morgan fingerprint density at radius 1 is 1.21 bits per heavy atom. The molecule has 2 aromatic heterocycles. The van der Waals surface area contributed by atoms with E-state index in [1.165, 1.54) is 13.3 Å². The lowest BCUT2D eigenvalue weighted by Crippen LogP contribution is -2.47. The predicted octanol–water partition coefficient (Wildman–Crippen LogP) is 2.79. The molecule has 5 atom stereocenters. The summed E-state index contributed by atoms with van der Waals surface area (Å²) in [5.74, 6) is 0. The summed E-state index contributed by atoms with van der Waals surface area (Å²) in [6, 6.07) is 6.44. The van der Waals surface area contributed by atoms with Crippen molar-refractivity contribution in [1.29, 1.82) is 0 Å². The minimum absolute atomic E-state index is 0.347. The van der Waals surface area contributed by atoms with E-state index in [1.54, 1.807) is 29.0 Å². The highest BCUT2D eigenvalue weighted by atomic mass is 35.5. The first-order valence-corrected chi connectivity index (χ1v) is 9.44. The molecule has 9 heteroatoms. The number of aryl methyl sites for hydroxylation is 1. The highest BCUT2D eigenvalue weighted by Crippen LogP contribution is 2.44. The summed E-state index contributed by atoms with van der Waals surface area (Å²) in [7, 11) is 0. The smallest absolute Gasteiger partial charge is 0.164 e. The lowest BCUT2D eigenvalue weighted by atomic mass is 9.88. The van der Waals surface area contributed by atoms with E-state index in [1.807, 2.05) is 13.0 Å². The standard InChI is InChI=1S/C19H19Cl2N3O4/c1-9-13-3-4-24(17(13)23-8-22-9)18-15(26)19(2,27)16(28-18)14(25)10-5-11(20)7-12(21)6-10/h3-8,14-16,18,25-27H,1-2H3/t14-,15-,16+,18+,19-/m0/s1. The van der Waals surface area contributed by atoms with E-state index in [0.29, 0.717) is 21.3 Å². The Bertz CT molecular complexity index is 1020. The third-order valence-corrected chi connectivity index (χ3v) is 5.66. The zero-order chi connectivity index (χ0) is 20.2. The molecule has 0 bridgehead atoms. The molecule has 0 unspecified atom stereocenters. The second kappa shape index (κ2) is 6.95. The Hall–Kier alpha value is -1.74. The van der Waals surface area contributed by atoms with Crippen LogP contribution in [0.4, 0.5) is 0 Å². The second-order valence-electron chi connectivity index (χ2n) is 7.18. The van der Waals surface area contributed by atoms with E-state index in [0.717, 1.165) is 11.1 Å². The van der Waals surface area contributed by atoms with Gasteiger partial charge in [0.1, 0.15) is 35.9 Å². The number of aromatic nitrogens is 3. The van der Waals surface area contributed by atoms with Gasteiger partial charge in [-0.3, -0.25) is 0 Å². The first-order valence-electron chi connectivity index (χ1n) is 8.68. The van der Waals surface area contributed by atoms with E-state index >= 15 is 0 Å². The summed E-state index contributed by atoms with van der Waals surface area (Å²) in [5.41, 5.74) is -0.00929. The average Bonchev–Trinajstić information content (AvgIpc) is 3.14. The Balaban J connectivity index is 1.72. The average molecular weight is 424 g/mol. The number of aliphatic hydroxyl groups is 3. The number of fused-ring (bicyclic) bond motifs is 1. The predicted molar refractivity (Wildman–Crippen MR) is 104 cm³/mol. The molecule has 0 aliphatic carbocycles. The quantitative estimate of drug-likeness (QED) is 0.598. The van der Waals surface area contributed by atoms with Gasteiger partial charge in [-0.15, -0.1) is 0 Å². The van der Waals surface area contributed by atoms with Crippen molar-refractivity contribution in [2.45, 2.75) is 44.0 Å². The van der Waals surface area contributed by atoms with Gasteiger partial charge >= 0.3 is 0 Å². The van der Waals surface area contributed by atoms with Crippen LogP contribution in [-0.2, 0) is 4.74 Å². The van der Waals surface area contributed by atoms with E-state index in [4.69, 9.17) is 27.9 Å². The molecule has 1 aliphatic heterocycles. The third kappa shape index (κ3) is 3.08. The number of rotatable bonds is 3. The summed E-state index contributed by atoms with van der Waals surface area (Å²) in [6.45, 7) is 3.27. The van der Waals surface area contributed by atoms with Crippen molar-refractivity contribution < 1.29 is 20.1 Å². The first-order chi connectivity index (χ1) is 13.2. The molecule has 0 amide bonds. The van der Waals surface area contributed by atoms with Crippen LogP contribution in [0, 0.1) is 6.92 Å². The molecule has 0 saturated carbocycles. The van der Waals surface area contributed by atoms with Crippen LogP contribution in [0.2, 0.25) is 10.0 Å². The fourth-order valence-corrected chi connectivity index (χ4v) is 4.20. The highest BCUT2D eigenvalue weighted by molar-refractivity contribution is 6.34. The van der Waals surface area contributed by atoms with E-state index in [9.17, 15) is 15.3 Å². The summed E-state index contributed by atoms with van der Waals surface area (Å²) in [4.78, 5) is 8.41. The number of nitrogens with zero attached hydrogens (tertiary/aromatic N) is 3. The maximum atomic E-state index is 10.9. The number of benzene rings is 1. The summed E-state index contributed by atoms with van der Waals surface area (Å²) < 4.78 is 7.57. The van der Waals surface area contributed by atoms with Gasteiger partial charge in [-0.1, -0.05) is 23.2 Å². The van der Waals surface area contributed by atoms with Crippen molar-refractivity contribution in [2.24, 2.45) is 0 Å². The number of hydrogen-bond donors (Lipinski definition) is 3. The first kappa shape index (κ1) is 19.6. The zero-order valence-electron chi connectivity index (χ0n) is 15.1. The van der Waals surface area contributed by atoms with Gasteiger partial charge in [-0.25, -0.2) is 9.97 Å². The molecular weight excluding hydrogens is 405 g/mol. The van der Waals surface area contributed by atoms with Crippen molar-refractivity contribution in [3.8, 4) is 0 Å². The van der Waals surface area contributed by atoms with E-state index in [-0.39, 0.29) is 0 Å². The molecule has 1 saturated heterocycles. The monoisotopic (exact) mass is 423 g/mol. The molecule has 1 aliphatic rings. The van der Waals surface area contributed by atoms with Crippen LogP contribution in [0.25, 0.3) is 11.0 Å². The minimum atomic E-state index is -1.74. The van der Waals surface area contributed by atoms with Crippen LogP contribution in [-0.4, -0.2) is 47.7 Å². The minimum Gasteiger partial charge on any atom is -0.386 e. The molecule has 3 N–H and O–H groups in total. The SMILES string of the molecule is Cc1ncnc2c1ccn2[C@@H]1O[C@H]([C@@H](O)c2cc(Cl)cc(Cl)c2)[C@@](C)(O)[C@H]1O. The molecule has 7 nitrogen and oxygen atoms in total. The maximum absolute atomic E-state index is 10.9. The number of ether oxygens (including phenoxy) is 1. The van der Waals surface area contributed by atoms with Crippen LogP contribution >= 0.6 is 23.2 Å². The van der Waals surface area contributed by atoms with Crippen LogP contribution < -0.4 is 0 Å². The number of aliphatic hydroxyl groups excluding tert-OH is 2. The van der Waals surface area contributed by atoms with Crippen molar-refractivity contribution >= 4 is 34.2 Å². The molecule has 1 aromatic carbocycles. The lowest BCUT2D eigenvalue weighted by molar-refractivity contribution is -0.115. The van der Waals surface area contributed by atoms with Crippen molar-refractivity contribution in [3.63, 3.8) is 0 Å². The van der Waals surface area contributed by atoms with Crippen LogP contribution in [0.1, 0.15) is 30.5 Å². The number of halogens is 2. The summed E-state index contributed by atoms with van der Waals surface area (Å²) in [6.07, 6.45) is -1.51. The largest absolute Gasteiger partial charge is 0.386 e. The van der Waals surface area contributed by atoms with Gasteiger partial charge in [-0.05, 0) is 43.7 Å². The number of hydrogen-bond acceptors (Lipinski definition) is 6. The Morgan fingerprint density at radius 2 is 1.89 bits per heavy atom. The maximum Gasteiger partial charge on any atom is 0.164 e. The van der Waals surface area contributed by atoms with Crippen LogP contribution in [0.15, 0.2) is 36.8 Å². The lowest BCUT2D eigenvalue weighted by Gasteiger charge is -2.29. The molecule has 148 valence electrons. The Labute approximate surface area is 171 Å². The molecule has 1 fully saturated rings. The van der Waals surface area contributed by atoms with E-state index in [2.05, 4.69) is 9.97 Å². The van der Waals surface area contributed by atoms with Gasteiger partial charge in [0, 0.05) is 21.6 Å². The molecule has 0 spiro atoms. The van der Waals surface area contributed by atoms with Crippen LogP contribution in [0.5, 0.6) is 0 Å². The zero-order valence-corrected chi connectivity index (χ0v) is 16.6. The van der Waals surface area contributed by atoms with Gasteiger partial charge in [0.25, 0.3) is 0 Å². The molecule has 3 heterocycles. The molecule has 28 heavy (non-hydrogen) atoms. The summed E-state index contributed by atoms with van der Waals surface area (Å²) >= 11 is 12.0. The summed E-state index contributed by atoms with van der Waals surface area (Å²) in [5, 5.41) is 34.1. The topological polar surface area (TPSA) is 101 Å². The highest BCUT2D eigenvalue weighted by Gasteiger charge is 2.55. The van der Waals surface area contributed by atoms with Crippen molar-refractivity contribution in [1.82, 2.24) is 14.5 Å².